The Morgan fingerprint density at radius 1 is 0.556 bits per heavy atom. The van der Waals surface area contributed by atoms with E-state index in [4.69, 9.17) is 13.8 Å². The number of esters is 1. The van der Waals surface area contributed by atoms with E-state index < -0.39 is 26.5 Å². The predicted molar refractivity (Wildman–Crippen MR) is 224 cm³/mol. The standard InChI is InChI=1S/C44H84NO8P/c1-3-5-7-9-11-13-15-17-19-21-23-25-27-29-31-33-35-37-44(48)51-40-42(46)41-53-54(49,50)52-39-38-45-43(47)36-34-32-30-28-26-24-22-20-18-16-14-12-10-8-6-4-2/h17,19-20,22,42,46H,3-16,18,21,23-41H2,1-2H3,(H,45,47)(H,49,50)/b19-17-,22-20-. The first kappa shape index (κ1) is 52.5. The quantitative estimate of drug-likeness (QED) is 0.0241. The van der Waals surface area contributed by atoms with Crippen molar-refractivity contribution in [2.75, 3.05) is 26.4 Å². The molecule has 0 saturated carbocycles. The molecule has 318 valence electrons. The highest BCUT2D eigenvalue weighted by Crippen LogP contribution is 2.42. The van der Waals surface area contributed by atoms with Crippen molar-refractivity contribution in [1.82, 2.24) is 5.32 Å². The van der Waals surface area contributed by atoms with Gasteiger partial charge in [0.25, 0.3) is 0 Å². The maximum absolute atomic E-state index is 12.1. The molecular weight excluding hydrogens is 701 g/mol. The second-order valence-corrected chi connectivity index (χ2v) is 16.5. The minimum absolute atomic E-state index is 0.0785. The fourth-order valence-corrected chi connectivity index (χ4v) is 6.95. The van der Waals surface area contributed by atoms with Gasteiger partial charge in [-0.15, -0.1) is 0 Å². The monoisotopic (exact) mass is 786 g/mol. The molecule has 0 saturated heterocycles. The van der Waals surface area contributed by atoms with Gasteiger partial charge in [-0.1, -0.05) is 160 Å². The molecule has 0 heterocycles. The predicted octanol–water partition coefficient (Wildman–Crippen LogP) is 12.4. The maximum atomic E-state index is 12.1. The van der Waals surface area contributed by atoms with E-state index in [0.717, 1.165) is 44.9 Å². The fourth-order valence-electron chi connectivity index (χ4n) is 6.19. The third-order valence-corrected chi connectivity index (χ3v) is 10.6. The Morgan fingerprint density at radius 2 is 0.944 bits per heavy atom. The number of carbonyl (C=O) groups excluding carboxylic acids is 2. The molecule has 0 rings (SSSR count). The van der Waals surface area contributed by atoms with E-state index in [1.165, 1.54) is 141 Å². The van der Waals surface area contributed by atoms with Gasteiger partial charge in [0, 0.05) is 19.4 Å². The number of carbonyl (C=O) groups is 2. The zero-order valence-electron chi connectivity index (χ0n) is 34.9. The minimum Gasteiger partial charge on any atom is -0.463 e. The van der Waals surface area contributed by atoms with Gasteiger partial charge in [-0.05, 0) is 64.2 Å². The van der Waals surface area contributed by atoms with Crippen molar-refractivity contribution in [2.24, 2.45) is 0 Å². The van der Waals surface area contributed by atoms with Crippen LogP contribution in [0.4, 0.5) is 0 Å². The molecule has 0 aromatic carbocycles. The first-order valence-electron chi connectivity index (χ1n) is 22.3. The number of hydrogen-bond acceptors (Lipinski definition) is 7. The molecule has 10 heteroatoms. The average Bonchev–Trinajstić information content (AvgIpc) is 3.16. The summed E-state index contributed by atoms with van der Waals surface area (Å²) in [5.41, 5.74) is 0. The number of rotatable bonds is 42. The summed E-state index contributed by atoms with van der Waals surface area (Å²) in [6, 6.07) is 0. The lowest BCUT2D eigenvalue weighted by Gasteiger charge is -2.15. The van der Waals surface area contributed by atoms with E-state index in [-0.39, 0.29) is 32.1 Å². The van der Waals surface area contributed by atoms with Crippen molar-refractivity contribution in [2.45, 2.75) is 219 Å². The number of nitrogens with one attached hydrogen (secondary N) is 1. The van der Waals surface area contributed by atoms with E-state index in [9.17, 15) is 24.2 Å². The Kier molecular flexibility index (Phi) is 40.0. The largest absolute Gasteiger partial charge is 0.472 e. The smallest absolute Gasteiger partial charge is 0.463 e. The summed E-state index contributed by atoms with van der Waals surface area (Å²) in [4.78, 5) is 33.9. The molecule has 1 amide bonds. The van der Waals surface area contributed by atoms with Crippen molar-refractivity contribution in [3.8, 4) is 0 Å². The molecule has 0 bridgehead atoms. The molecule has 0 aliphatic heterocycles. The molecule has 0 aliphatic rings. The van der Waals surface area contributed by atoms with Gasteiger partial charge in [0.05, 0.1) is 13.2 Å². The Balaban J connectivity index is 3.59. The lowest BCUT2D eigenvalue weighted by Crippen LogP contribution is -2.27. The second kappa shape index (κ2) is 41.1. The van der Waals surface area contributed by atoms with Crippen molar-refractivity contribution in [3.05, 3.63) is 24.3 Å². The summed E-state index contributed by atoms with van der Waals surface area (Å²) >= 11 is 0. The number of amides is 1. The molecule has 0 spiro atoms. The highest BCUT2D eigenvalue weighted by Gasteiger charge is 2.23. The summed E-state index contributed by atoms with van der Waals surface area (Å²) in [5.74, 6) is -0.525. The van der Waals surface area contributed by atoms with E-state index in [1.54, 1.807) is 0 Å². The zero-order chi connectivity index (χ0) is 39.6. The van der Waals surface area contributed by atoms with E-state index in [2.05, 4.69) is 43.5 Å². The highest BCUT2D eigenvalue weighted by atomic mass is 31.2. The third kappa shape index (κ3) is 41.6. The number of allylic oxidation sites excluding steroid dienone is 4. The molecule has 2 atom stereocenters. The van der Waals surface area contributed by atoms with Crippen LogP contribution in [0.5, 0.6) is 0 Å². The van der Waals surface area contributed by atoms with Gasteiger partial charge in [-0.3, -0.25) is 18.6 Å². The van der Waals surface area contributed by atoms with Gasteiger partial charge >= 0.3 is 13.8 Å². The number of hydrogen-bond donors (Lipinski definition) is 3. The van der Waals surface area contributed by atoms with Crippen LogP contribution < -0.4 is 5.32 Å². The van der Waals surface area contributed by atoms with Crippen LogP contribution in [0, 0.1) is 0 Å². The normalized spacial score (nSPS) is 13.5. The highest BCUT2D eigenvalue weighted by molar-refractivity contribution is 7.47. The minimum atomic E-state index is -4.42. The van der Waals surface area contributed by atoms with Crippen molar-refractivity contribution in [3.63, 3.8) is 0 Å². The molecule has 0 radical (unpaired) electrons. The molecule has 9 nitrogen and oxygen atoms in total. The number of unbranched alkanes of at least 4 members (excludes halogenated alkanes) is 25. The van der Waals surface area contributed by atoms with Crippen molar-refractivity contribution < 1.29 is 37.9 Å². The van der Waals surface area contributed by atoms with Crippen LogP contribution in [-0.2, 0) is 27.9 Å². The number of ether oxygens (including phenoxy) is 1. The van der Waals surface area contributed by atoms with Crippen LogP contribution >= 0.6 is 7.82 Å². The van der Waals surface area contributed by atoms with Gasteiger partial charge in [-0.2, -0.15) is 0 Å². The van der Waals surface area contributed by atoms with Gasteiger partial charge in [-0.25, -0.2) is 4.57 Å². The third-order valence-electron chi connectivity index (χ3n) is 9.60. The van der Waals surface area contributed by atoms with Gasteiger partial charge in [0.2, 0.25) is 5.91 Å². The Bertz CT molecular complexity index is 944. The van der Waals surface area contributed by atoms with E-state index in [0.29, 0.717) is 6.42 Å². The Morgan fingerprint density at radius 3 is 1.39 bits per heavy atom. The molecule has 0 aromatic heterocycles. The first-order chi connectivity index (χ1) is 26.3. The van der Waals surface area contributed by atoms with Crippen LogP contribution in [0.15, 0.2) is 24.3 Å². The second-order valence-electron chi connectivity index (χ2n) is 15.0. The topological polar surface area (TPSA) is 131 Å². The Hall–Kier alpha value is -1.51. The lowest BCUT2D eigenvalue weighted by atomic mass is 10.1. The maximum Gasteiger partial charge on any atom is 0.472 e. The SMILES string of the molecule is CCCCCCCC/C=C\CCCCCCCCCC(=O)OCC(O)COP(=O)(O)OCCNC(=O)CCCCCCC/C=C\CCCCCCCCC. The number of phosphoric ester groups is 1. The van der Waals surface area contributed by atoms with Crippen molar-refractivity contribution in [1.29, 1.82) is 0 Å². The van der Waals surface area contributed by atoms with Gasteiger partial charge in [0.1, 0.15) is 12.7 Å². The molecule has 0 aromatic rings. The number of aliphatic hydroxyl groups excluding tert-OH is 1. The van der Waals surface area contributed by atoms with Crippen LogP contribution in [0.25, 0.3) is 0 Å². The van der Waals surface area contributed by atoms with Crippen LogP contribution in [-0.4, -0.2) is 54.3 Å². The lowest BCUT2D eigenvalue weighted by molar-refractivity contribution is -0.147. The number of phosphoric acid groups is 1. The zero-order valence-corrected chi connectivity index (χ0v) is 35.8. The van der Waals surface area contributed by atoms with Crippen LogP contribution in [0.3, 0.4) is 0 Å². The van der Waals surface area contributed by atoms with Crippen molar-refractivity contribution >= 4 is 19.7 Å². The first-order valence-corrected chi connectivity index (χ1v) is 23.8. The summed E-state index contributed by atoms with van der Waals surface area (Å²) < 4.78 is 26.9. The van der Waals surface area contributed by atoms with E-state index >= 15 is 0 Å². The summed E-state index contributed by atoms with van der Waals surface area (Å²) in [5, 5.41) is 12.7. The van der Waals surface area contributed by atoms with Crippen LogP contribution in [0.2, 0.25) is 0 Å². The molecular formula is C44H84NO8P. The molecule has 0 fully saturated rings. The summed E-state index contributed by atoms with van der Waals surface area (Å²) in [7, 11) is -4.42. The molecule has 3 N–H and O–H groups in total. The summed E-state index contributed by atoms with van der Waals surface area (Å²) in [6.45, 7) is 3.55. The Labute approximate surface area is 331 Å². The summed E-state index contributed by atoms with van der Waals surface area (Å²) in [6.07, 6.45) is 43.9. The van der Waals surface area contributed by atoms with Gasteiger partial charge in [0.15, 0.2) is 0 Å². The molecule has 2 unspecified atom stereocenters. The molecule has 54 heavy (non-hydrogen) atoms. The number of aliphatic hydroxyl groups is 1. The van der Waals surface area contributed by atoms with Crippen LogP contribution in [0.1, 0.15) is 213 Å². The average molecular weight is 786 g/mol. The molecule has 0 aliphatic carbocycles. The van der Waals surface area contributed by atoms with E-state index in [1.807, 2.05) is 0 Å². The fraction of sp³-hybridized carbons (Fsp3) is 0.864. The van der Waals surface area contributed by atoms with Gasteiger partial charge < -0.3 is 20.1 Å².